The van der Waals surface area contributed by atoms with Crippen LogP contribution >= 0.6 is 46.3 Å². The lowest BCUT2D eigenvalue weighted by Gasteiger charge is -2.13. The second-order valence-corrected chi connectivity index (χ2v) is 9.66. The van der Waals surface area contributed by atoms with Crippen LogP contribution in [-0.4, -0.2) is 38.0 Å². The third-order valence-electron chi connectivity index (χ3n) is 4.37. The van der Waals surface area contributed by atoms with Gasteiger partial charge in [0.2, 0.25) is 11.0 Å². The Morgan fingerprint density at radius 1 is 1.18 bits per heavy atom. The van der Waals surface area contributed by atoms with Crippen molar-refractivity contribution in [2.45, 2.75) is 18.7 Å². The van der Waals surface area contributed by atoms with Crippen LogP contribution in [0.4, 0.5) is 13.9 Å². The van der Waals surface area contributed by atoms with E-state index in [9.17, 15) is 13.6 Å². The van der Waals surface area contributed by atoms with Crippen molar-refractivity contribution in [1.29, 1.82) is 0 Å². The number of benzene rings is 2. The van der Waals surface area contributed by atoms with Crippen molar-refractivity contribution in [3.63, 3.8) is 0 Å². The first-order valence-corrected chi connectivity index (χ1v) is 12.2. The van der Waals surface area contributed by atoms with Gasteiger partial charge in [-0.05, 0) is 43.3 Å². The standard InChI is InChI=1S/C21H15Cl2F2N5O2S2/c1-11-28-29-20(34-11)27-18(31)10-33-21-26-9-17(12-2-7-15(22)16(23)8-12)30(21)13-3-5-14(6-4-13)32-19(24)25/h2-9,19H,10H2,1H3,(H,27,29,31). The maximum Gasteiger partial charge on any atom is 0.387 e. The number of anilines is 1. The molecule has 13 heteroatoms. The lowest BCUT2D eigenvalue weighted by atomic mass is 10.1. The molecule has 1 N–H and O–H groups in total. The fraction of sp³-hybridized carbons (Fsp3) is 0.143. The highest BCUT2D eigenvalue weighted by molar-refractivity contribution is 7.99. The van der Waals surface area contributed by atoms with Crippen LogP contribution in [0.1, 0.15) is 5.01 Å². The third-order valence-corrected chi connectivity index (χ3v) is 6.82. The van der Waals surface area contributed by atoms with E-state index in [2.05, 4.69) is 25.2 Å². The summed E-state index contributed by atoms with van der Waals surface area (Å²) in [6.45, 7) is -1.13. The Morgan fingerprint density at radius 2 is 1.94 bits per heavy atom. The largest absolute Gasteiger partial charge is 0.435 e. The molecule has 0 aliphatic carbocycles. The molecule has 0 fully saturated rings. The van der Waals surface area contributed by atoms with Gasteiger partial charge in [0.05, 0.1) is 27.7 Å². The SMILES string of the molecule is Cc1nnc(NC(=O)CSc2ncc(-c3ccc(Cl)c(Cl)c3)n2-c2ccc(OC(F)F)cc2)s1. The van der Waals surface area contributed by atoms with E-state index in [0.717, 1.165) is 10.6 Å². The van der Waals surface area contributed by atoms with Gasteiger partial charge in [0.15, 0.2) is 5.16 Å². The molecule has 0 saturated heterocycles. The number of alkyl halides is 2. The van der Waals surface area contributed by atoms with Crippen LogP contribution in [0.2, 0.25) is 10.0 Å². The van der Waals surface area contributed by atoms with Crippen LogP contribution in [0.5, 0.6) is 5.75 Å². The monoisotopic (exact) mass is 541 g/mol. The summed E-state index contributed by atoms with van der Waals surface area (Å²) in [5, 5.41) is 12.9. The van der Waals surface area contributed by atoms with Gasteiger partial charge in [-0.3, -0.25) is 14.7 Å². The van der Waals surface area contributed by atoms with E-state index in [1.807, 2.05) is 0 Å². The zero-order valence-electron chi connectivity index (χ0n) is 17.3. The number of halogens is 4. The number of carbonyl (C=O) groups excluding carboxylic acids is 1. The predicted octanol–water partition coefficient (Wildman–Crippen LogP) is 6.34. The molecule has 0 bridgehead atoms. The number of ether oxygens (including phenoxy) is 1. The first-order chi connectivity index (χ1) is 16.3. The highest BCUT2D eigenvalue weighted by Gasteiger charge is 2.17. The molecule has 0 unspecified atom stereocenters. The minimum absolute atomic E-state index is 0.0240. The second kappa shape index (κ2) is 10.7. The molecule has 1 amide bonds. The number of carbonyl (C=O) groups is 1. The van der Waals surface area contributed by atoms with Crippen molar-refractivity contribution in [1.82, 2.24) is 19.7 Å². The maximum atomic E-state index is 12.5. The van der Waals surface area contributed by atoms with Crippen molar-refractivity contribution < 1.29 is 18.3 Å². The molecule has 0 spiro atoms. The van der Waals surface area contributed by atoms with E-state index in [1.54, 1.807) is 48.0 Å². The molecule has 0 saturated carbocycles. The number of aryl methyl sites for hydroxylation is 1. The lowest BCUT2D eigenvalue weighted by Crippen LogP contribution is -2.14. The maximum absolute atomic E-state index is 12.5. The summed E-state index contributed by atoms with van der Waals surface area (Å²) in [7, 11) is 0. The molecule has 2 aromatic heterocycles. The summed E-state index contributed by atoms with van der Waals surface area (Å²) in [4.78, 5) is 16.9. The third kappa shape index (κ3) is 5.84. The number of imidazole rings is 1. The molecule has 0 atom stereocenters. The summed E-state index contributed by atoms with van der Waals surface area (Å²) in [5.74, 6) is -0.188. The normalized spacial score (nSPS) is 11.1. The number of thioether (sulfide) groups is 1. The summed E-state index contributed by atoms with van der Waals surface area (Å²) < 4.78 is 31.3. The molecule has 4 aromatic rings. The summed E-state index contributed by atoms with van der Waals surface area (Å²) in [6, 6.07) is 11.3. The Hall–Kier alpha value is -2.73. The van der Waals surface area contributed by atoms with E-state index in [0.29, 0.717) is 31.7 Å². The molecule has 0 radical (unpaired) electrons. The first-order valence-electron chi connectivity index (χ1n) is 9.61. The van der Waals surface area contributed by atoms with Gasteiger partial charge in [-0.15, -0.1) is 10.2 Å². The Balaban J connectivity index is 1.63. The minimum Gasteiger partial charge on any atom is -0.435 e. The molecule has 4 rings (SSSR count). The smallest absolute Gasteiger partial charge is 0.387 e. The van der Waals surface area contributed by atoms with Crippen LogP contribution in [0.3, 0.4) is 0 Å². The quantitative estimate of drug-likeness (QED) is 0.262. The van der Waals surface area contributed by atoms with E-state index >= 15 is 0 Å². The summed E-state index contributed by atoms with van der Waals surface area (Å²) >= 11 is 14.7. The van der Waals surface area contributed by atoms with Gasteiger partial charge < -0.3 is 4.74 Å². The number of hydrogen-bond acceptors (Lipinski definition) is 7. The Morgan fingerprint density at radius 3 is 2.59 bits per heavy atom. The van der Waals surface area contributed by atoms with Gasteiger partial charge in [0.1, 0.15) is 10.8 Å². The van der Waals surface area contributed by atoms with Crippen molar-refractivity contribution in [3.8, 4) is 22.7 Å². The number of amides is 1. The van der Waals surface area contributed by atoms with Gasteiger partial charge in [-0.25, -0.2) is 4.98 Å². The summed E-state index contributed by atoms with van der Waals surface area (Å²) in [6.07, 6.45) is 1.64. The molecule has 176 valence electrons. The van der Waals surface area contributed by atoms with Crippen LogP contribution in [0, 0.1) is 6.92 Å². The van der Waals surface area contributed by atoms with E-state index < -0.39 is 6.61 Å². The average molecular weight is 542 g/mol. The topological polar surface area (TPSA) is 81.9 Å². The van der Waals surface area contributed by atoms with Gasteiger partial charge in [0.25, 0.3) is 0 Å². The van der Waals surface area contributed by atoms with Crippen molar-refractivity contribution in [2.24, 2.45) is 0 Å². The molecular weight excluding hydrogens is 527 g/mol. The zero-order valence-corrected chi connectivity index (χ0v) is 20.5. The second-order valence-electron chi connectivity index (χ2n) is 6.73. The molecule has 7 nitrogen and oxygen atoms in total. The first kappa shape index (κ1) is 24.4. The Kier molecular flexibility index (Phi) is 7.67. The number of nitrogens with zero attached hydrogens (tertiary/aromatic N) is 4. The van der Waals surface area contributed by atoms with Gasteiger partial charge in [-0.1, -0.05) is 52.4 Å². The van der Waals surface area contributed by atoms with Crippen molar-refractivity contribution in [2.75, 3.05) is 11.1 Å². The highest BCUT2D eigenvalue weighted by Crippen LogP contribution is 2.34. The number of hydrogen-bond donors (Lipinski definition) is 1. The molecule has 2 heterocycles. The Labute approximate surface area is 211 Å². The fourth-order valence-electron chi connectivity index (χ4n) is 2.95. The van der Waals surface area contributed by atoms with Crippen LogP contribution in [0.15, 0.2) is 53.8 Å². The van der Waals surface area contributed by atoms with E-state index in [1.165, 1.54) is 35.2 Å². The van der Waals surface area contributed by atoms with Crippen LogP contribution < -0.4 is 10.1 Å². The van der Waals surface area contributed by atoms with Crippen molar-refractivity contribution >= 4 is 57.3 Å². The van der Waals surface area contributed by atoms with Gasteiger partial charge >= 0.3 is 6.61 Å². The molecule has 0 aliphatic rings. The zero-order chi connectivity index (χ0) is 24.2. The highest BCUT2D eigenvalue weighted by atomic mass is 35.5. The van der Waals surface area contributed by atoms with Gasteiger partial charge in [-0.2, -0.15) is 8.78 Å². The van der Waals surface area contributed by atoms with Crippen LogP contribution in [-0.2, 0) is 4.79 Å². The number of rotatable bonds is 8. The molecular formula is C21H15Cl2F2N5O2S2. The summed E-state index contributed by atoms with van der Waals surface area (Å²) in [5.41, 5.74) is 2.03. The Bertz CT molecular complexity index is 1310. The van der Waals surface area contributed by atoms with E-state index in [-0.39, 0.29) is 17.4 Å². The number of aromatic nitrogens is 4. The fourth-order valence-corrected chi connectivity index (χ4v) is 4.65. The average Bonchev–Trinajstić information content (AvgIpc) is 3.40. The van der Waals surface area contributed by atoms with Crippen molar-refractivity contribution in [3.05, 3.63) is 63.7 Å². The molecule has 0 aliphatic heterocycles. The van der Waals surface area contributed by atoms with E-state index in [4.69, 9.17) is 23.2 Å². The predicted molar refractivity (Wildman–Crippen MR) is 130 cm³/mol. The molecule has 34 heavy (non-hydrogen) atoms. The van der Waals surface area contributed by atoms with Gasteiger partial charge in [0, 0.05) is 11.3 Å². The van der Waals surface area contributed by atoms with Crippen LogP contribution in [0.25, 0.3) is 16.9 Å². The molecule has 2 aromatic carbocycles. The minimum atomic E-state index is -2.92. The number of nitrogens with one attached hydrogen (secondary N) is 1. The lowest BCUT2D eigenvalue weighted by molar-refractivity contribution is -0.113.